The van der Waals surface area contributed by atoms with Crippen LogP contribution in [0, 0.1) is 0 Å². The minimum atomic E-state index is -0.206. The molecule has 0 radical (unpaired) electrons. The Morgan fingerprint density at radius 1 is 1.28 bits per heavy atom. The zero-order valence-electron chi connectivity index (χ0n) is 11.1. The van der Waals surface area contributed by atoms with Crippen molar-refractivity contribution in [1.29, 1.82) is 0 Å². The van der Waals surface area contributed by atoms with Crippen LogP contribution in [0.4, 0.5) is 0 Å². The molecule has 0 heterocycles. The lowest BCUT2D eigenvalue weighted by atomic mass is 9.97. The Morgan fingerprint density at radius 3 is 2.33 bits per heavy atom. The predicted molar refractivity (Wildman–Crippen MR) is 78.0 cm³/mol. The van der Waals surface area contributed by atoms with E-state index in [1.165, 1.54) is 0 Å². The van der Waals surface area contributed by atoms with Gasteiger partial charge in [-0.25, -0.2) is 0 Å². The van der Waals surface area contributed by atoms with Gasteiger partial charge in [-0.3, -0.25) is 4.79 Å². The molecule has 2 N–H and O–H groups in total. The summed E-state index contributed by atoms with van der Waals surface area (Å²) < 4.78 is 0. The second-order valence-electron chi connectivity index (χ2n) is 4.12. The first-order chi connectivity index (χ1) is 8.24. The molecule has 102 valence electrons. The third-order valence-electron chi connectivity index (χ3n) is 2.92. The number of amides is 1. The summed E-state index contributed by atoms with van der Waals surface area (Å²) in [5.41, 5.74) is 6.76. The molecule has 0 aromatic heterocycles. The van der Waals surface area contributed by atoms with Gasteiger partial charge in [0.25, 0.3) is 0 Å². The Labute approximate surface area is 116 Å². The van der Waals surface area contributed by atoms with E-state index in [-0.39, 0.29) is 24.2 Å². The molecule has 1 aromatic carbocycles. The molecule has 1 unspecified atom stereocenters. The second kappa shape index (κ2) is 8.95. The van der Waals surface area contributed by atoms with Gasteiger partial charge in [-0.15, -0.1) is 12.4 Å². The van der Waals surface area contributed by atoms with E-state index in [2.05, 4.69) is 6.92 Å². The molecule has 0 bridgehead atoms. The Bertz CT molecular complexity index is 343. The van der Waals surface area contributed by atoms with Crippen molar-refractivity contribution in [1.82, 2.24) is 4.90 Å². The van der Waals surface area contributed by atoms with Crippen molar-refractivity contribution >= 4 is 18.3 Å². The molecule has 0 spiro atoms. The molecule has 0 aliphatic carbocycles. The zero-order chi connectivity index (χ0) is 12.7. The fourth-order valence-electron chi connectivity index (χ4n) is 1.98. The minimum Gasteiger partial charge on any atom is -0.342 e. The lowest BCUT2D eigenvalue weighted by Gasteiger charge is -2.25. The molecular formula is C14H23ClN2O. The third kappa shape index (κ3) is 4.31. The average molecular weight is 271 g/mol. The van der Waals surface area contributed by atoms with E-state index in [1.807, 2.05) is 42.2 Å². The van der Waals surface area contributed by atoms with Gasteiger partial charge in [0.05, 0.1) is 5.92 Å². The standard InChI is InChI=1S/C14H22N2O.ClH/c1-3-10-16(4-2)14(17)13(11-15)12-8-6-5-7-9-12;/h5-9,13H,3-4,10-11,15H2,1-2H3;1H. The summed E-state index contributed by atoms with van der Waals surface area (Å²) in [5, 5.41) is 0. The SMILES string of the molecule is CCCN(CC)C(=O)C(CN)c1ccccc1.Cl. The number of nitrogens with two attached hydrogens (primary N) is 1. The van der Waals surface area contributed by atoms with E-state index >= 15 is 0 Å². The van der Waals surface area contributed by atoms with Crippen LogP contribution in [0.25, 0.3) is 0 Å². The van der Waals surface area contributed by atoms with Crippen molar-refractivity contribution in [2.24, 2.45) is 5.73 Å². The van der Waals surface area contributed by atoms with Crippen LogP contribution in [0.2, 0.25) is 0 Å². The summed E-state index contributed by atoms with van der Waals surface area (Å²) in [5.74, 6) is -0.0641. The first-order valence-corrected chi connectivity index (χ1v) is 6.28. The van der Waals surface area contributed by atoms with Crippen LogP contribution >= 0.6 is 12.4 Å². The molecule has 0 saturated heterocycles. The van der Waals surface area contributed by atoms with Crippen LogP contribution < -0.4 is 5.73 Å². The molecule has 4 heteroatoms. The number of likely N-dealkylation sites (N-methyl/N-ethyl adjacent to an activating group) is 1. The van der Waals surface area contributed by atoms with Gasteiger partial charge in [-0.05, 0) is 18.9 Å². The van der Waals surface area contributed by atoms with Crippen molar-refractivity contribution in [3.05, 3.63) is 35.9 Å². The van der Waals surface area contributed by atoms with Gasteiger partial charge in [-0.1, -0.05) is 37.3 Å². The number of hydrogen-bond acceptors (Lipinski definition) is 2. The van der Waals surface area contributed by atoms with Gasteiger partial charge in [0.15, 0.2) is 0 Å². The van der Waals surface area contributed by atoms with Gasteiger partial charge in [0, 0.05) is 19.6 Å². The molecule has 0 fully saturated rings. The lowest BCUT2D eigenvalue weighted by Crippen LogP contribution is -2.38. The van der Waals surface area contributed by atoms with Gasteiger partial charge >= 0.3 is 0 Å². The minimum absolute atomic E-state index is 0. The molecule has 0 aliphatic heterocycles. The normalized spacial score (nSPS) is 11.5. The number of halogens is 1. The van der Waals surface area contributed by atoms with Crippen molar-refractivity contribution < 1.29 is 4.79 Å². The van der Waals surface area contributed by atoms with Gasteiger partial charge in [0.2, 0.25) is 5.91 Å². The Morgan fingerprint density at radius 2 is 1.89 bits per heavy atom. The van der Waals surface area contributed by atoms with Crippen LogP contribution in [-0.4, -0.2) is 30.4 Å². The molecule has 0 aliphatic rings. The molecule has 1 rings (SSSR count). The molecule has 1 amide bonds. The lowest BCUT2D eigenvalue weighted by molar-refractivity contribution is -0.132. The van der Waals surface area contributed by atoms with Crippen molar-refractivity contribution in [2.75, 3.05) is 19.6 Å². The highest BCUT2D eigenvalue weighted by atomic mass is 35.5. The van der Waals surface area contributed by atoms with E-state index in [0.29, 0.717) is 6.54 Å². The first kappa shape index (κ1) is 16.9. The number of carbonyl (C=O) groups is 1. The summed E-state index contributed by atoms with van der Waals surface area (Å²) in [6.45, 7) is 6.00. The monoisotopic (exact) mass is 270 g/mol. The fourth-order valence-corrected chi connectivity index (χ4v) is 1.98. The number of rotatable bonds is 6. The quantitative estimate of drug-likeness (QED) is 0.863. The fraction of sp³-hybridized carbons (Fsp3) is 0.500. The summed E-state index contributed by atoms with van der Waals surface area (Å²) in [7, 11) is 0. The van der Waals surface area contributed by atoms with E-state index in [9.17, 15) is 4.79 Å². The average Bonchev–Trinajstić information content (AvgIpc) is 2.38. The summed E-state index contributed by atoms with van der Waals surface area (Å²) in [4.78, 5) is 14.2. The van der Waals surface area contributed by atoms with Crippen LogP contribution in [-0.2, 0) is 4.79 Å². The number of benzene rings is 1. The van der Waals surface area contributed by atoms with Gasteiger partial charge in [-0.2, -0.15) is 0 Å². The Kier molecular flexibility index (Phi) is 8.42. The van der Waals surface area contributed by atoms with E-state index in [0.717, 1.165) is 25.1 Å². The molecule has 18 heavy (non-hydrogen) atoms. The van der Waals surface area contributed by atoms with E-state index in [4.69, 9.17) is 5.73 Å². The Hall–Kier alpha value is -1.06. The molecule has 1 atom stereocenters. The van der Waals surface area contributed by atoms with Gasteiger partial charge < -0.3 is 10.6 Å². The van der Waals surface area contributed by atoms with Crippen molar-refractivity contribution in [3.8, 4) is 0 Å². The van der Waals surface area contributed by atoms with Crippen LogP contribution in [0.5, 0.6) is 0 Å². The maximum absolute atomic E-state index is 12.3. The summed E-state index contributed by atoms with van der Waals surface area (Å²) in [6.07, 6.45) is 0.978. The molecule has 3 nitrogen and oxygen atoms in total. The molecule has 1 aromatic rings. The van der Waals surface area contributed by atoms with E-state index in [1.54, 1.807) is 0 Å². The number of nitrogens with zero attached hydrogens (tertiary/aromatic N) is 1. The summed E-state index contributed by atoms with van der Waals surface area (Å²) >= 11 is 0. The first-order valence-electron chi connectivity index (χ1n) is 6.28. The predicted octanol–water partition coefficient (Wildman–Crippen LogP) is 2.41. The van der Waals surface area contributed by atoms with Crippen molar-refractivity contribution in [2.45, 2.75) is 26.2 Å². The second-order valence-corrected chi connectivity index (χ2v) is 4.12. The topological polar surface area (TPSA) is 46.3 Å². The highest BCUT2D eigenvalue weighted by molar-refractivity contribution is 5.85. The Balaban J connectivity index is 0.00000289. The third-order valence-corrected chi connectivity index (χ3v) is 2.92. The number of carbonyl (C=O) groups excluding carboxylic acids is 1. The molecule has 0 saturated carbocycles. The van der Waals surface area contributed by atoms with E-state index < -0.39 is 0 Å². The maximum Gasteiger partial charge on any atom is 0.231 e. The van der Waals surface area contributed by atoms with Crippen LogP contribution in [0.3, 0.4) is 0 Å². The highest BCUT2D eigenvalue weighted by Crippen LogP contribution is 2.17. The van der Waals surface area contributed by atoms with Gasteiger partial charge in [0.1, 0.15) is 0 Å². The molecular weight excluding hydrogens is 248 g/mol. The summed E-state index contributed by atoms with van der Waals surface area (Å²) in [6, 6.07) is 9.78. The van der Waals surface area contributed by atoms with Crippen molar-refractivity contribution in [3.63, 3.8) is 0 Å². The highest BCUT2D eigenvalue weighted by Gasteiger charge is 2.22. The van der Waals surface area contributed by atoms with Crippen LogP contribution in [0.15, 0.2) is 30.3 Å². The zero-order valence-corrected chi connectivity index (χ0v) is 12.0. The number of hydrogen-bond donors (Lipinski definition) is 1. The maximum atomic E-state index is 12.3. The largest absolute Gasteiger partial charge is 0.342 e. The van der Waals surface area contributed by atoms with Crippen LogP contribution in [0.1, 0.15) is 31.7 Å². The smallest absolute Gasteiger partial charge is 0.231 e.